The average Bonchev–Trinajstić information content (AvgIpc) is 3.22. The number of allylic oxidation sites excluding steroid dienone is 3. The molecule has 8 heteroatoms. The van der Waals surface area contributed by atoms with E-state index in [1.807, 2.05) is 27.7 Å². The van der Waals surface area contributed by atoms with Gasteiger partial charge in [-0.1, -0.05) is 59.3 Å². The van der Waals surface area contributed by atoms with Gasteiger partial charge in [-0.2, -0.15) is 0 Å². The van der Waals surface area contributed by atoms with Crippen molar-refractivity contribution in [1.29, 1.82) is 0 Å². The number of aliphatic hydroxyl groups is 1. The lowest BCUT2D eigenvalue weighted by Crippen LogP contribution is -2.64. The van der Waals surface area contributed by atoms with E-state index in [-0.39, 0.29) is 71.0 Å². The van der Waals surface area contributed by atoms with Crippen molar-refractivity contribution in [2.75, 3.05) is 0 Å². The zero-order chi connectivity index (χ0) is 32.1. The number of carbonyl (C=O) groups is 3. The lowest BCUT2D eigenvalue weighted by atomic mass is 9.42. The highest BCUT2D eigenvalue weighted by Gasteiger charge is 2.68. The molecule has 0 spiro atoms. The van der Waals surface area contributed by atoms with Crippen molar-refractivity contribution in [2.45, 2.75) is 131 Å². The van der Waals surface area contributed by atoms with Crippen molar-refractivity contribution in [2.24, 2.45) is 51.8 Å². The molecule has 0 radical (unpaired) electrons. The molecule has 13 atom stereocenters. The lowest BCUT2D eigenvalue weighted by Gasteiger charge is -2.63. The van der Waals surface area contributed by atoms with Crippen LogP contribution in [0.1, 0.15) is 94.4 Å². The van der Waals surface area contributed by atoms with Gasteiger partial charge in [0.2, 0.25) is 0 Å². The van der Waals surface area contributed by atoms with Crippen molar-refractivity contribution in [3.05, 3.63) is 23.8 Å². The first-order valence-electron chi connectivity index (χ1n) is 16.8. The van der Waals surface area contributed by atoms with Gasteiger partial charge in [-0.05, 0) is 74.7 Å². The first kappa shape index (κ1) is 31.9. The third-order valence-corrected chi connectivity index (χ3v) is 13.0. The average molecular weight is 613 g/mol. The molecule has 6 rings (SSSR count). The fourth-order valence-corrected chi connectivity index (χ4v) is 10.4. The third kappa shape index (κ3) is 4.76. The second-order valence-electron chi connectivity index (χ2n) is 16.3. The molecule has 0 bridgehead atoms. The van der Waals surface area contributed by atoms with Gasteiger partial charge < -0.3 is 24.1 Å². The van der Waals surface area contributed by atoms with Crippen LogP contribution in [0.5, 0.6) is 0 Å². The number of epoxide rings is 1. The summed E-state index contributed by atoms with van der Waals surface area (Å²) in [4.78, 5) is 39.4. The van der Waals surface area contributed by atoms with E-state index in [0.29, 0.717) is 25.7 Å². The Hall–Kier alpha value is -2.03. The molecule has 2 aliphatic heterocycles. The second-order valence-corrected chi connectivity index (χ2v) is 16.3. The largest absolute Gasteiger partial charge is 0.462 e. The molecule has 1 N–H and O–H groups in total. The Bertz CT molecular complexity index is 1280. The maximum atomic E-state index is 13.5. The Labute approximate surface area is 262 Å². The highest BCUT2D eigenvalue weighted by atomic mass is 16.7. The predicted molar refractivity (Wildman–Crippen MR) is 163 cm³/mol. The molecule has 0 aromatic heterocycles. The minimum atomic E-state index is -0.904. The predicted octanol–water partition coefficient (Wildman–Crippen LogP) is 5.56. The fourth-order valence-electron chi connectivity index (χ4n) is 10.4. The zero-order valence-corrected chi connectivity index (χ0v) is 27.9. The summed E-state index contributed by atoms with van der Waals surface area (Å²) in [5.74, 6) is -1.25. The van der Waals surface area contributed by atoms with E-state index >= 15 is 0 Å². The van der Waals surface area contributed by atoms with Crippen molar-refractivity contribution in [3.8, 4) is 0 Å². The summed E-state index contributed by atoms with van der Waals surface area (Å²) in [7, 11) is 0. The Morgan fingerprint density at radius 2 is 1.77 bits per heavy atom. The number of carbonyl (C=O) groups excluding carboxylic acids is 3. The van der Waals surface area contributed by atoms with Crippen LogP contribution in [-0.2, 0) is 33.3 Å². The van der Waals surface area contributed by atoms with E-state index in [0.717, 1.165) is 6.42 Å². The van der Waals surface area contributed by atoms with Gasteiger partial charge >= 0.3 is 11.9 Å². The number of hydrogen-bond acceptors (Lipinski definition) is 8. The standard InChI is InChI=1S/C36H52O8/c1-10-18(2)31(39)43-25-17-36(9)21(20-15-24(42-32(20)40)30-34(6,7)44-30)11-12-22(36)28-23(41-19(3)37)16-26-33(4,5)27(38)13-14-35(26,8)29(25)28/h12-14,18,20-21,23-26,28-30,32,40H,10-11,15-17H2,1-9H3/t18-,20+,21+,23-,24-,25-,26+,28-,29+,30+,32+,35+,36+/m1/s1. The van der Waals surface area contributed by atoms with E-state index in [1.54, 1.807) is 6.08 Å². The molecule has 0 amide bonds. The fraction of sp³-hybridized carbons (Fsp3) is 0.806. The molecular weight excluding hydrogens is 560 g/mol. The molecule has 0 aromatic carbocycles. The number of aliphatic hydroxyl groups excluding tert-OH is 1. The van der Waals surface area contributed by atoms with Gasteiger partial charge in [-0.25, -0.2) is 0 Å². The van der Waals surface area contributed by atoms with Crippen LogP contribution in [0.25, 0.3) is 0 Å². The molecule has 2 saturated heterocycles. The molecular formula is C36H52O8. The van der Waals surface area contributed by atoms with Crippen LogP contribution in [-0.4, -0.2) is 59.1 Å². The topological polar surface area (TPSA) is 112 Å². The first-order valence-corrected chi connectivity index (χ1v) is 16.8. The number of esters is 2. The highest BCUT2D eigenvalue weighted by molar-refractivity contribution is 5.95. The molecule has 2 heterocycles. The van der Waals surface area contributed by atoms with Crippen molar-refractivity contribution in [3.63, 3.8) is 0 Å². The smallest absolute Gasteiger partial charge is 0.308 e. The van der Waals surface area contributed by atoms with E-state index < -0.39 is 34.7 Å². The lowest BCUT2D eigenvalue weighted by molar-refractivity contribution is -0.199. The van der Waals surface area contributed by atoms with Crippen molar-refractivity contribution in [1.82, 2.24) is 0 Å². The van der Waals surface area contributed by atoms with Gasteiger partial charge in [-0.15, -0.1) is 0 Å². The highest BCUT2D eigenvalue weighted by Crippen LogP contribution is 2.69. The van der Waals surface area contributed by atoms with E-state index in [1.165, 1.54) is 12.5 Å². The molecule has 4 fully saturated rings. The van der Waals surface area contributed by atoms with Gasteiger partial charge in [0.25, 0.3) is 0 Å². The summed E-state index contributed by atoms with van der Waals surface area (Å²) < 4.78 is 24.7. The minimum absolute atomic E-state index is 0.0310. The van der Waals surface area contributed by atoms with E-state index in [2.05, 4.69) is 39.8 Å². The molecule has 2 saturated carbocycles. The summed E-state index contributed by atoms with van der Waals surface area (Å²) in [5, 5.41) is 11.3. The Balaban J connectivity index is 1.42. The van der Waals surface area contributed by atoms with Crippen LogP contribution in [0.4, 0.5) is 0 Å². The maximum absolute atomic E-state index is 13.5. The maximum Gasteiger partial charge on any atom is 0.308 e. The summed E-state index contributed by atoms with van der Waals surface area (Å²) >= 11 is 0. The number of fused-ring (bicyclic) bond motifs is 5. The summed E-state index contributed by atoms with van der Waals surface area (Å²) in [6.07, 6.45) is 7.38. The van der Waals surface area contributed by atoms with Gasteiger partial charge in [0.1, 0.15) is 18.3 Å². The molecule has 44 heavy (non-hydrogen) atoms. The van der Waals surface area contributed by atoms with Crippen LogP contribution in [0.15, 0.2) is 23.8 Å². The van der Waals surface area contributed by atoms with Crippen LogP contribution >= 0.6 is 0 Å². The van der Waals surface area contributed by atoms with Gasteiger partial charge in [0, 0.05) is 30.1 Å². The summed E-state index contributed by atoms with van der Waals surface area (Å²) in [6, 6.07) is 0. The van der Waals surface area contributed by atoms with E-state index in [9.17, 15) is 19.5 Å². The SMILES string of the molecule is CC[C@@H](C)C(=O)O[C@@H]1C[C@]2(C)C(=CC[C@H]2[C@@H]2C[C@H]([C@@H]3OC3(C)C)O[C@@H]2O)[C@H]2[C@H]1[C@@]1(C)C=CC(=O)C(C)(C)[C@@H]1C[C@H]2OC(C)=O. The second kappa shape index (κ2) is 10.5. The monoisotopic (exact) mass is 612 g/mol. The zero-order valence-electron chi connectivity index (χ0n) is 27.9. The van der Waals surface area contributed by atoms with Gasteiger partial charge in [0.05, 0.1) is 17.6 Å². The quantitative estimate of drug-likeness (QED) is 0.236. The number of rotatable bonds is 6. The van der Waals surface area contributed by atoms with Crippen LogP contribution in [0.3, 0.4) is 0 Å². The first-order chi connectivity index (χ1) is 20.5. The number of hydrogen-bond donors (Lipinski definition) is 1. The molecule has 0 aromatic rings. The van der Waals surface area contributed by atoms with Crippen LogP contribution in [0.2, 0.25) is 0 Å². The Morgan fingerprint density at radius 1 is 1.09 bits per heavy atom. The normalized spacial score (nSPS) is 47.1. The van der Waals surface area contributed by atoms with Crippen LogP contribution in [0, 0.1) is 51.8 Å². The van der Waals surface area contributed by atoms with Crippen molar-refractivity contribution >= 4 is 17.7 Å². The van der Waals surface area contributed by atoms with Gasteiger partial charge in [-0.3, -0.25) is 14.4 Å². The Morgan fingerprint density at radius 3 is 2.39 bits per heavy atom. The van der Waals surface area contributed by atoms with E-state index in [4.69, 9.17) is 18.9 Å². The molecule has 8 nitrogen and oxygen atoms in total. The Kier molecular flexibility index (Phi) is 7.62. The number of ether oxygens (including phenoxy) is 4. The summed E-state index contributed by atoms with van der Waals surface area (Å²) in [5.41, 5.74) is -0.545. The van der Waals surface area contributed by atoms with Crippen LogP contribution < -0.4 is 0 Å². The van der Waals surface area contributed by atoms with Crippen molar-refractivity contribution < 1.29 is 38.4 Å². The molecule has 6 aliphatic rings. The molecule has 4 aliphatic carbocycles. The molecule has 0 unspecified atom stereocenters. The number of ketones is 1. The molecule has 244 valence electrons. The minimum Gasteiger partial charge on any atom is -0.462 e. The third-order valence-electron chi connectivity index (χ3n) is 13.0. The summed E-state index contributed by atoms with van der Waals surface area (Å²) in [6.45, 7) is 17.9. The van der Waals surface area contributed by atoms with Gasteiger partial charge in [0.15, 0.2) is 12.1 Å².